The third-order valence-corrected chi connectivity index (χ3v) is 7.60. The fourth-order valence-corrected chi connectivity index (χ4v) is 4.93. The van der Waals surface area contributed by atoms with Crippen molar-refractivity contribution in [2.24, 2.45) is 23.2 Å². The van der Waals surface area contributed by atoms with Crippen molar-refractivity contribution in [3.63, 3.8) is 0 Å². The van der Waals surface area contributed by atoms with Crippen LogP contribution in [0.25, 0.3) is 5.57 Å². The standard InChI is InChI=1S/C34H38O4/c1-22(17-18-24(3)30-16-12-11-13-23(30)2)21-38-33(37)26(5)25(4)32(36)27(6)34(20-31(34)28(7)35)19-29-14-9-8-10-15-29/h8-18,22,25,31H,3,5-6,19-21H2,1-2,4,7H3/b18-17-. The van der Waals surface area contributed by atoms with Crippen LogP contribution in [0.2, 0.25) is 0 Å². The quantitative estimate of drug-likeness (QED) is 0.167. The average Bonchev–Trinajstić information content (AvgIpc) is 3.64. The molecule has 0 radical (unpaired) electrons. The van der Waals surface area contributed by atoms with Gasteiger partial charge in [-0.25, -0.2) is 4.79 Å². The van der Waals surface area contributed by atoms with Crippen LogP contribution in [0.3, 0.4) is 0 Å². The van der Waals surface area contributed by atoms with Gasteiger partial charge in [-0.15, -0.1) is 0 Å². The maximum atomic E-state index is 13.4. The van der Waals surface area contributed by atoms with Crippen LogP contribution in [0.4, 0.5) is 0 Å². The molecule has 38 heavy (non-hydrogen) atoms. The number of ketones is 2. The molecule has 1 fully saturated rings. The number of hydrogen-bond acceptors (Lipinski definition) is 4. The molecule has 0 heterocycles. The Hall–Kier alpha value is -3.79. The monoisotopic (exact) mass is 510 g/mol. The zero-order chi connectivity index (χ0) is 28.0. The summed E-state index contributed by atoms with van der Waals surface area (Å²) in [5, 5.41) is 0. The van der Waals surface area contributed by atoms with Gasteiger partial charge in [-0.2, -0.15) is 0 Å². The van der Waals surface area contributed by atoms with Crippen molar-refractivity contribution >= 4 is 23.1 Å². The van der Waals surface area contributed by atoms with E-state index in [9.17, 15) is 14.4 Å². The van der Waals surface area contributed by atoms with Gasteiger partial charge in [0.1, 0.15) is 5.78 Å². The van der Waals surface area contributed by atoms with Crippen LogP contribution in [-0.4, -0.2) is 24.1 Å². The minimum atomic E-state index is -0.789. The van der Waals surface area contributed by atoms with Crippen molar-refractivity contribution in [2.75, 3.05) is 6.61 Å². The predicted molar refractivity (Wildman–Crippen MR) is 153 cm³/mol. The van der Waals surface area contributed by atoms with Crippen molar-refractivity contribution in [1.82, 2.24) is 0 Å². The van der Waals surface area contributed by atoms with Gasteiger partial charge in [0.25, 0.3) is 0 Å². The molecule has 2 aromatic rings. The summed E-state index contributed by atoms with van der Waals surface area (Å²) in [6.07, 6.45) is 5.02. The minimum absolute atomic E-state index is 0.0490. The largest absolute Gasteiger partial charge is 0.462 e. The summed E-state index contributed by atoms with van der Waals surface area (Å²) < 4.78 is 5.48. The Kier molecular flexibility index (Phi) is 9.22. The van der Waals surface area contributed by atoms with Gasteiger partial charge in [0, 0.05) is 22.8 Å². The Labute approximate surface area is 226 Å². The Morgan fingerprint density at radius 2 is 1.66 bits per heavy atom. The van der Waals surface area contributed by atoms with Gasteiger partial charge in [-0.3, -0.25) is 9.59 Å². The number of aryl methyl sites for hydroxylation is 1. The highest BCUT2D eigenvalue weighted by molar-refractivity contribution is 6.06. The summed E-state index contributed by atoms with van der Waals surface area (Å²) in [4.78, 5) is 38.4. The number of ether oxygens (including phenoxy) is 1. The molecule has 198 valence electrons. The number of benzene rings is 2. The van der Waals surface area contributed by atoms with Crippen molar-refractivity contribution in [3.05, 3.63) is 114 Å². The highest BCUT2D eigenvalue weighted by atomic mass is 16.5. The molecule has 4 nitrogen and oxygen atoms in total. The highest BCUT2D eigenvalue weighted by Crippen LogP contribution is 2.60. The number of carbonyl (C=O) groups is 3. The molecule has 4 unspecified atom stereocenters. The SMILES string of the molecule is C=C(/C=C\C(C)COC(=O)C(=C)C(C)C(=O)C(=C)C1(Cc2ccccc2)CC1C(C)=O)c1ccccc1C. The van der Waals surface area contributed by atoms with Crippen molar-refractivity contribution in [2.45, 2.75) is 40.5 Å². The lowest BCUT2D eigenvalue weighted by atomic mass is 9.80. The van der Waals surface area contributed by atoms with E-state index in [2.05, 4.69) is 19.7 Å². The van der Waals surface area contributed by atoms with Crippen molar-refractivity contribution < 1.29 is 19.1 Å². The molecule has 1 aliphatic carbocycles. The smallest absolute Gasteiger partial charge is 0.334 e. The normalized spacial score (nSPS) is 19.8. The molecular formula is C34H38O4. The lowest BCUT2D eigenvalue weighted by Gasteiger charge is -2.23. The van der Waals surface area contributed by atoms with E-state index < -0.39 is 17.3 Å². The van der Waals surface area contributed by atoms with E-state index in [0.29, 0.717) is 18.4 Å². The minimum Gasteiger partial charge on any atom is -0.462 e. The van der Waals surface area contributed by atoms with Crippen LogP contribution >= 0.6 is 0 Å². The predicted octanol–water partition coefficient (Wildman–Crippen LogP) is 6.90. The molecule has 0 N–H and O–H groups in total. The van der Waals surface area contributed by atoms with E-state index in [0.717, 1.165) is 22.3 Å². The second-order valence-electron chi connectivity index (χ2n) is 10.6. The topological polar surface area (TPSA) is 60.4 Å². The molecule has 2 aromatic carbocycles. The first kappa shape index (κ1) is 28.8. The molecule has 1 aliphatic rings. The summed E-state index contributed by atoms with van der Waals surface area (Å²) in [6.45, 7) is 19.4. The molecule has 4 atom stereocenters. The first-order valence-corrected chi connectivity index (χ1v) is 13.0. The highest BCUT2D eigenvalue weighted by Gasteiger charge is 2.59. The van der Waals surface area contributed by atoms with Crippen LogP contribution in [-0.2, 0) is 25.5 Å². The lowest BCUT2D eigenvalue weighted by molar-refractivity contribution is -0.141. The zero-order valence-electron chi connectivity index (χ0n) is 23.0. The van der Waals surface area contributed by atoms with E-state index in [1.165, 1.54) is 0 Å². The van der Waals surface area contributed by atoms with Gasteiger partial charge >= 0.3 is 5.97 Å². The van der Waals surface area contributed by atoms with Gasteiger partial charge in [-0.05, 0) is 54.5 Å². The maximum absolute atomic E-state index is 13.4. The molecule has 0 saturated heterocycles. The fourth-order valence-electron chi connectivity index (χ4n) is 4.93. The average molecular weight is 511 g/mol. The van der Waals surface area contributed by atoms with Crippen LogP contribution in [0.5, 0.6) is 0 Å². The molecule has 3 rings (SSSR count). The number of hydrogen-bond donors (Lipinski definition) is 0. The van der Waals surface area contributed by atoms with Crippen LogP contribution < -0.4 is 0 Å². The lowest BCUT2D eigenvalue weighted by Crippen LogP contribution is -2.27. The third kappa shape index (κ3) is 6.55. The molecule has 0 aromatic heterocycles. The molecule has 1 saturated carbocycles. The molecule has 4 heteroatoms. The Morgan fingerprint density at radius 1 is 1.03 bits per heavy atom. The molecule has 0 amide bonds. The Morgan fingerprint density at radius 3 is 2.26 bits per heavy atom. The maximum Gasteiger partial charge on any atom is 0.334 e. The molecule has 0 aliphatic heterocycles. The number of rotatable bonds is 13. The van der Waals surface area contributed by atoms with Gasteiger partial charge in [0.2, 0.25) is 0 Å². The number of esters is 1. The number of allylic oxidation sites excluding steroid dienone is 3. The Bertz CT molecular complexity index is 1280. The van der Waals surface area contributed by atoms with Gasteiger partial charge < -0.3 is 4.74 Å². The fraction of sp³-hybridized carbons (Fsp3) is 0.324. The second-order valence-corrected chi connectivity index (χ2v) is 10.6. The summed E-state index contributed by atoms with van der Waals surface area (Å²) in [6, 6.07) is 17.8. The first-order valence-electron chi connectivity index (χ1n) is 13.0. The Balaban J connectivity index is 1.58. The van der Waals surface area contributed by atoms with Crippen molar-refractivity contribution in [3.8, 4) is 0 Å². The van der Waals surface area contributed by atoms with Gasteiger partial charge in [0.15, 0.2) is 5.78 Å². The van der Waals surface area contributed by atoms with E-state index in [4.69, 9.17) is 4.74 Å². The number of carbonyl (C=O) groups excluding carboxylic acids is 3. The summed E-state index contributed by atoms with van der Waals surface area (Å²) in [5.74, 6) is -1.91. The van der Waals surface area contributed by atoms with Gasteiger partial charge in [-0.1, -0.05) is 100 Å². The van der Waals surface area contributed by atoms with E-state index in [-0.39, 0.29) is 35.6 Å². The van der Waals surface area contributed by atoms with Crippen LogP contribution in [0, 0.1) is 30.1 Å². The number of Topliss-reactive ketones (excluding diaryl/α,β-unsaturated/α-hetero) is 2. The van der Waals surface area contributed by atoms with E-state index in [1.54, 1.807) is 13.8 Å². The first-order chi connectivity index (χ1) is 18.0. The van der Waals surface area contributed by atoms with Gasteiger partial charge in [0.05, 0.1) is 12.5 Å². The summed E-state index contributed by atoms with van der Waals surface area (Å²) >= 11 is 0. The summed E-state index contributed by atoms with van der Waals surface area (Å²) in [7, 11) is 0. The summed E-state index contributed by atoms with van der Waals surface area (Å²) in [5.41, 5.74) is 4.01. The van der Waals surface area contributed by atoms with Crippen LogP contribution in [0.15, 0.2) is 97.6 Å². The van der Waals surface area contributed by atoms with E-state index >= 15 is 0 Å². The molecule has 0 spiro atoms. The van der Waals surface area contributed by atoms with Crippen molar-refractivity contribution in [1.29, 1.82) is 0 Å². The second kappa shape index (κ2) is 12.2. The van der Waals surface area contributed by atoms with E-state index in [1.807, 2.05) is 80.6 Å². The third-order valence-electron chi connectivity index (χ3n) is 7.60. The molecular weight excluding hydrogens is 472 g/mol. The van der Waals surface area contributed by atoms with Crippen LogP contribution in [0.1, 0.15) is 43.9 Å². The zero-order valence-corrected chi connectivity index (χ0v) is 23.0. The molecule has 0 bridgehead atoms.